The number of aliphatic hydroxyl groups excluding tert-OH is 2. The molecule has 0 saturated heterocycles. The van der Waals surface area contributed by atoms with Gasteiger partial charge in [-0.2, -0.15) is 14.7 Å². The summed E-state index contributed by atoms with van der Waals surface area (Å²) in [4.78, 5) is 30.9. The number of aliphatic hydroxyl groups is 2. The molecule has 0 aromatic rings. The summed E-state index contributed by atoms with van der Waals surface area (Å²) in [6.45, 7) is 1.49. The van der Waals surface area contributed by atoms with Gasteiger partial charge in [-0.1, -0.05) is 15.5 Å². The van der Waals surface area contributed by atoms with Crippen molar-refractivity contribution in [2.75, 3.05) is 6.54 Å². The molecule has 0 aliphatic rings. The van der Waals surface area contributed by atoms with Crippen LogP contribution in [0.25, 0.3) is 0 Å². The summed E-state index contributed by atoms with van der Waals surface area (Å²) in [6.07, 6.45) is -1.13. The molecule has 2 N–H and O–H groups in total. The first-order valence-corrected chi connectivity index (χ1v) is 5.83. The van der Waals surface area contributed by atoms with Crippen molar-refractivity contribution in [3.63, 3.8) is 0 Å². The van der Waals surface area contributed by atoms with E-state index in [1.807, 2.05) is 0 Å². The lowest BCUT2D eigenvalue weighted by Gasteiger charge is -2.17. The van der Waals surface area contributed by atoms with Crippen LogP contribution >= 0.6 is 0 Å². The molecular weight excluding hydrogens is 242 g/mol. The maximum Gasteiger partial charge on any atom is 0.0968 e. The van der Waals surface area contributed by atoms with Gasteiger partial charge in [-0.3, -0.25) is 0 Å². The van der Waals surface area contributed by atoms with Crippen molar-refractivity contribution >= 4 is 0 Å². The van der Waals surface area contributed by atoms with Crippen LogP contribution in [0.5, 0.6) is 0 Å². The van der Waals surface area contributed by atoms with Gasteiger partial charge in [0.25, 0.3) is 0 Å². The van der Waals surface area contributed by atoms with E-state index in [2.05, 4.69) is 15.5 Å². The van der Waals surface area contributed by atoms with Gasteiger partial charge in [0.15, 0.2) is 0 Å². The molecule has 4 atom stereocenters. The third kappa shape index (κ3) is 7.91. The Balaban J connectivity index is 4.11. The second-order valence-corrected chi connectivity index (χ2v) is 4.37. The Morgan fingerprint density at radius 3 is 1.94 bits per heavy atom. The van der Waals surface area contributed by atoms with Crippen molar-refractivity contribution in [1.82, 2.24) is 0 Å². The average Bonchev–Trinajstić information content (AvgIpc) is 2.32. The van der Waals surface area contributed by atoms with Crippen molar-refractivity contribution in [1.29, 1.82) is 0 Å². The molecule has 0 aliphatic carbocycles. The number of hydrogen-bond acceptors (Lipinski definition) is 8. The largest absolute Gasteiger partial charge is 0.393 e. The Labute approximate surface area is 105 Å². The molecule has 0 aliphatic heterocycles. The summed E-state index contributed by atoms with van der Waals surface area (Å²) in [5, 5.41) is 27.0. The third-order valence-corrected chi connectivity index (χ3v) is 2.55. The molecule has 0 rings (SSSR count). The number of nitroso groups, excluding NO2 is 3. The van der Waals surface area contributed by atoms with E-state index in [1.54, 1.807) is 0 Å². The van der Waals surface area contributed by atoms with E-state index in [0.29, 0.717) is 0 Å². The standard InChI is InChI=1S/C10H19N3O5/c1-7(14)4-9(13-18)6-10(15)5-8(12-17)2-3-11-16/h7-10,14-15H,2-6H2,1H3. The number of rotatable bonds is 11. The Morgan fingerprint density at radius 2 is 1.50 bits per heavy atom. The molecule has 0 fully saturated rings. The molecule has 8 heteroatoms. The van der Waals surface area contributed by atoms with Crippen LogP contribution in [0.3, 0.4) is 0 Å². The highest BCUT2D eigenvalue weighted by atomic mass is 16.3. The van der Waals surface area contributed by atoms with E-state index in [9.17, 15) is 19.8 Å². The lowest BCUT2D eigenvalue weighted by atomic mass is 9.98. The van der Waals surface area contributed by atoms with Gasteiger partial charge in [-0.05, 0) is 32.6 Å². The summed E-state index contributed by atoms with van der Waals surface area (Å²) in [5.41, 5.74) is 0. The van der Waals surface area contributed by atoms with Gasteiger partial charge in [0.05, 0.1) is 30.8 Å². The lowest BCUT2D eigenvalue weighted by molar-refractivity contribution is 0.119. The normalized spacial score (nSPS) is 17.5. The zero-order valence-corrected chi connectivity index (χ0v) is 10.3. The van der Waals surface area contributed by atoms with E-state index in [0.717, 1.165) is 0 Å². The van der Waals surface area contributed by atoms with E-state index in [-0.39, 0.29) is 32.2 Å². The first-order chi connectivity index (χ1) is 8.53. The molecule has 0 saturated carbocycles. The Morgan fingerprint density at radius 1 is 0.944 bits per heavy atom. The van der Waals surface area contributed by atoms with Crippen LogP contribution < -0.4 is 0 Å². The lowest BCUT2D eigenvalue weighted by Crippen LogP contribution is -2.23. The van der Waals surface area contributed by atoms with Gasteiger partial charge in [-0.25, -0.2) is 0 Å². The molecule has 0 bridgehead atoms. The van der Waals surface area contributed by atoms with Crippen molar-refractivity contribution in [3.05, 3.63) is 14.7 Å². The van der Waals surface area contributed by atoms with Crippen LogP contribution in [0.1, 0.15) is 32.6 Å². The molecule has 0 aromatic heterocycles. The Bertz CT molecular complexity index is 262. The molecule has 0 spiro atoms. The van der Waals surface area contributed by atoms with Crippen LogP contribution in [0.4, 0.5) is 0 Å². The number of hydrogen-bond donors (Lipinski definition) is 2. The fourth-order valence-corrected chi connectivity index (χ4v) is 1.72. The molecule has 0 amide bonds. The molecule has 8 nitrogen and oxygen atoms in total. The highest BCUT2D eigenvalue weighted by molar-refractivity contribution is 4.77. The molecular formula is C10H19N3O5. The summed E-state index contributed by atoms with van der Waals surface area (Å²) in [7, 11) is 0. The minimum atomic E-state index is -0.916. The Kier molecular flexibility index (Phi) is 9.03. The summed E-state index contributed by atoms with van der Waals surface area (Å²) in [5.74, 6) is 0. The summed E-state index contributed by atoms with van der Waals surface area (Å²) >= 11 is 0. The first kappa shape index (κ1) is 16.7. The van der Waals surface area contributed by atoms with Crippen LogP contribution in [0.2, 0.25) is 0 Å². The fourth-order valence-electron chi connectivity index (χ4n) is 1.72. The fraction of sp³-hybridized carbons (Fsp3) is 1.00. The van der Waals surface area contributed by atoms with Crippen LogP contribution in [0, 0.1) is 14.7 Å². The topological polar surface area (TPSA) is 129 Å². The highest BCUT2D eigenvalue weighted by Gasteiger charge is 2.21. The number of nitrogens with zero attached hydrogens (tertiary/aromatic N) is 3. The van der Waals surface area contributed by atoms with Crippen molar-refractivity contribution < 1.29 is 10.2 Å². The van der Waals surface area contributed by atoms with E-state index in [1.165, 1.54) is 6.92 Å². The summed E-state index contributed by atoms with van der Waals surface area (Å²) in [6, 6.07) is -1.40. The van der Waals surface area contributed by atoms with Gasteiger partial charge in [-0.15, -0.1) is 0 Å². The maximum atomic E-state index is 10.5. The predicted octanol–water partition coefficient (Wildman–Crippen LogP) is 1.32. The van der Waals surface area contributed by atoms with E-state index in [4.69, 9.17) is 5.11 Å². The van der Waals surface area contributed by atoms with Gasteiger partial charge in [0.1, 0.15) is 0 Å². The minimum absolute atomic E-state index is 0.0356. The molecule has 18 heavy (non-hydrogen) atoms. The molecule has 0 radical (unpaired) electrons. The zero-order valence-electron chi connectivity index (χ0n) is 10.3. The van der Waals surface area contributed by atoms with Crippen molar-refractivity contribution in [2.24, 2.45) is 15.5 Å². The SMILES string of the molecule is CC(O)CC(CC(O)CC(CCN=O)N=O)N=O. The average molecular weight is 261 g/mol. The van der Waals surface area contributed by atoms with Crippen molar-refractivity contribution in [3.8, 4) is 0 Å². The van der Waals surface area contributed by atoms with Crippen molar-refractivity contribution in [2.45, 2.75) is 56.9 Å². The highest BCUT2D eigenvalue weighted by Crippen LogP contribution is 2.15. The molecule has 104 valence electrons. The molecule has 4 unspecified atom stereocenters. The van der Waals surface area contributed by atoms with Gasteiger partial charge >= 0.3 is 0 Å². The quantitative estimate of drug-likeness (QED) is 0.542. The second kappa shape index (κ2) is 9.72. The van der Waals surface area contributed by atoms with Gasteiger partial charge < -0.3 is 10.2 Å². The predicted molar refractivity (Wildman–Crippen MR) is 66.0 cm³/mol. The van der Waals surface area contributed by atoms with E-state index < -0.39 is 24.3 Å². The van der Waals surface area contributed by atoms with Crippen LogP contribution in [0.15, 0.2) is 15.5 Å². The smallest absolute Gasteiger partial charge is 0.0968 e. The van der Waals surface area contributed by atoms with E-state index >= 15 is 0 Å². The van der Waals surface area contributed by atoms with Gasteiger partial charge in [0.2, 0.25) is 0 Å². The zero-order chi connectivity index (χ0) is 14.0. The molecule has 0 aromatic carbocycles. The second-order valence-electron chi connectivity index (χ2n) is 4.37. The summed E-state index contributed by atoms with van der Waals surface area (Å²) < 4.78 is 0. The first-order valence-electron chi connectivity index (χ1n) is 5.83. The Hall–Kier alpha value is -1.28. The van der Waals surface area contributed by atoms with Crippen LogP contribution in [-0.2, 0) is 0 Å². The van der Waals surface area contributed by atoms with Crippen LogP contribution in [-0.4, -0.2) is 41.0 Å². The monoisotopic (exact) mass is 261 g/mol. The molecule has 0 heterocycles. The maximum absolute atomic E-state index is 10.5. The minimum Gasteiger partial charge on any atom is -0.393 e. The third-order valence-electron chi connectivity index (χ3n) is 2.55. The van der Waals surface area contributed by atoms with Gasteiger partial charge in [0, 0.05) is 0 Å².